The van der Waals surface area contributed by atoms with E-state index in [1.807, 2.05) is 30.3 Å². The minimum Gasteiger partial charge on any atom is -0.326 e. The standard InChI is InChI=1S/C26H23BrClFN4O/c27-18-7-10-20(11-8-18)33-24-6-2-1-5-23(24)31-25(33)16-32-13-3-4-17(15-32)26(34)30-19-9-12-22(29)21(28)14-19/h1-2,5-12,14,17H,3-4,13,15-16H2,(H,30,34)/t17-/m0/s1. The van der Waals surface area contributed by atoms with Crippen LogP contribution in [-0.2, 0) is 11.3 Å². The van der Waals surface area contributed by atoms with Crippen molar-refractivity contribution < 1.29 is 9.18 Å². The Morgan fingerprint density at radius 3 is 2.74 bits per heavy atom. The fourth-order valence-corrected chi connectivity index (χ4v) is 4.94. The highest BCUT2D eigenvalue weighted by Gasteiger charge is 2.27. The van der Waals surface area contributed by atoms with Gasteiger partial charge in [-0.15, -0.1) is 0 Å². The van der Waals surface area contributed by atoms with E-state index in [-0.39, 0.29) is 16.8 Å². The molecule has 1 atom stereocenters. The average Bonchev–Trinajstić information content (AvgIpc) is 3.20. The summed E-state index contributed by atoms with van der Waals surface area (Å²) in [5.41, 5.74) is 3.55. The number of imidazole rings is 1. The molecule has 8 heteroatoms. The van der Waals surface area contributed by atoms with Crippen LogP contribution in [-0.4, -0.2) is 33.4 Å². The predicted molar refractivity (Wildman–Crippen MR) is 137 cm³/mol. The first-order chi connectivity index (χ1) is 16.5. The van der Waals surface area contributed by atoms with Crippen LogP contribution in [0.25, 0.3) is 16.7 Å². The summed E-state index contributed by atoms with van der Waals surface area (Å²) in [6.45, 7) is 2.16. The van der Waals surface area contributed by atoms with Crippen molar-refractivity contribution in [3.8, 4) is 5.69 Å². The molecular formula is C26H23BrClFN4O. The van der Waals surface area contributed by atoms with Crippen LogP contribution in [0.4, 0.5) is 10.1 Å². The molecule has 1 aliphatic rings. The van der Waals surface area contributed by atoms with Crippen LogP contribution < -0.4 is 5.32 Å². The number of nitrogens with one attached hydrogen (secondary N) is 1. The van der Waals surface area contributed by atoms with Crippen molar-refractivity contribution in [3.63, 3.8) is 0 Å². The Kier molecular flexibility index (Phi) is 6.68. The highest BCUT2D eigenvalue weighted by molar-refractivity contribution is 9.10. The molecule has 0 unspecified atom stereocenters. The number of hydrogen-bond donors (Lipinski definition) is 1. The first-order valence-corrected chi connectivity index (χ1v) is 12.4. The smallest absolute Gasteiger partial charge is 0.228 e. The van der Waals surface area contributed by atoms with Gasteiger partial charge in [-0.3, -0.25) is 14.3 Å². The predicted octanol–water partition coefficient (Wildman–Crippen LogP) is 6.43. The minimum absolute atomic E-state index is 0.00471. The third-order valence-electron chi connectivity index (χ3n) is 6.14. The normalized spacial score (nSPS) is 16.6. The number of carbonyl (C=O) groups excluding carboxylic acids is 1. The van der Waals surface area contributed by atoms with Gasteiger partial charge in [-0.1, -0.05) is 39.7 Å². The van der Waals surface area contributed by atoms with Crippen LogP contribution in [0.2, 0.25) is 5.02 Å². The lowest BCUT2D eigenvalue weighted by atomic mass is 9.97. The molecule has 0 saturated carbocycles. The second-order valence-electron chi connectivity index (χ2n) is 8.52. The van der Waals surface area contributed by atoms with E-state index in [4.69, 9.17) is 16.6 Å². The summed E-state index contributed by atoms with van der Waals surface area (Å²) in [4.78, 5) is 20.1. The molecule has 1 aromatic heterocycles. The van der Waals surface area contributed by atoms with Crippen LogP contribution in [0.5, 0.6) is 0 Å². The van der Waals surface area contributed by atoms with E-state index in [2.05, 4.69) is 48.9 Å². The first kappa shape index (κ1) is 23.0. The number of halogens is 3. The fourth-order valence-electron chi connectivity index (χ4n) is 4.49. The summed E-state index contributed by atoms with van der Waals surface area (Å²) in [6, 6.07) is 20.5. The number of piperidine rings is 1. The highest BCUT2D eigenvalue weighted by atomic mass is 79.9. The van der Waals surface area contributed by atoms with Crippen molar-refractivity contribution >= 4 is 50.2 Å². The molecule has 174 valence electrons. The maximum absolute atomic E-state index is 13.4. The summed E-state index contributed by atoms with van der Waals surface area (Å²) < 4.78 is 16.6. The quantitative estimate of drug-likeness (QED) is 0.317. The fraction of sp³-hybridized carbons (Fsp3) is 0.231. The number of benzene rings is 3. The van der Waals surface area contributed by atoms with Crippen LogP contribution in [0.15, 0.2) is 71.2 Å². The molecular weight excluding hydrogens is 519 g/mol. The number of aromatic nitrogens is 2. The number of carbonyl (C=O) groups is 1. The number of para-hydroxylation sites is 2. The van der Waals surface area contributed by atoms with E-state index in [1.165, 1.54) is 18.2 Å². The Morgan fingerprint density at radius 1 is 1.15 bits per heavy atom. The lowest BCUT2D eigenvalue weighted by Gasteiger charge is -2.31. The van der Waals surface area contributed by atoms with Gasteiger partial charge >= 0.3 is 0 Å². The third-order valence-corrected chi connectivity index (χ3v) is 6.96. The summed E-state index contributed by atoms with van der Waals surface area (Å²) in [5, 5.41) is 2.88. The number of fused-ring (bicyclic) bond motifs is 1. The minimum atomic E-state index is -0.503. The second-order valence-corrected chi connectivity index (χ2v) is 9.84. The number of amides is 1. The first-order valence-electron chi connectivity index (χ1n) is 11.2. The zero-order valence-electron chi connectivity index (χ0n) is 18.3. The van der Waals surface area contributed by atoms with Crippen LogP contribution in [0.1, 0.15) is 18.7 Å². The number of rotatable bonds is 5. The zero-order chi connectivity index (χ0) is 23.7. The number of nitrogens with zero attached hydrogens (tertiary/aromatic N) is 3. The van der Waals surface area contributed by atoms with Crippen LogP contribution in [0.3, 0.4) is 0 Å². The molecule has 1 aliphatic heterocycles. The zero-order valence-corrected chi connectivity index (χ0v) is 20.7. The van der Waals surface area contributed by atoms with Crippen molar-refractivity contribution in [1.82, 2.24) is 14.5 Å². The van der Waals surface area contributed by atoms with Crippen LogP contribution >= 0.6 is 27.5 Å². The molecule has 0 radical (unpaired) electrons. The van der Waals surface area contributed by atoms with Gasteiger partial charge in [0, 0.05) is 22.4 Å². The van der Waals surface area contributed by atoms with Gasteiger partial charge in [-0.2, -0.15) is 0 Å². The van der Waals surface area contributed by atoms with Gasteiger partial charge in [0.25, 0.3) is 0 Å². The maximum atomic E-state index is 13.4. The third kappa shape index (κ3) is 4.87. The lowest BCUT2D eigenvalue weighted by molar-refractivity contribution is -0.121. The maximum Gasteiger partial charge on any atom is 0.228 e. The molecule has 3 aromatic carbocycles. The van der Waals surface area contributed by atoms with Gasteiger partial charge in [0.2, 0.25) is 5.91 Å². The number of likely N-dealkylation sites (tertiary alicyclic amines) is 1. The van der Waals surface area contributed by atoms with Gasteiger partial charge in [0.05, 0.1) is 28.5 Å². The van der Waals surface area contributed by atoms with E-state index in [1.54, 1.807) is 0 Å². The van der Waals surface area contributed by atoms with Crippen molar-refractivity contribution in [2.45, 2.75) is 19.4 Å². The molecule has 1 saturated heterocycles. The van der Waals surface area contributed by atoms with Crippen molar-refractivity contribution in [1.29, 1.82) is 0 Å². The summed E-state index contributed by atoms with van der Waals surface area (Å²) in [5.74, 6) is 0.198. The van der Waals surface area contributed by atoms with Crippen molar-refractivity contribution in [2.75, 3.05) is 18.4 Å². The number of anilines is 1. The molecule has 1 fully saturated rings. The van der Waals surface area contributed by atoms with Gasteiger partial charge in [-0.05, 0) is 74.0 Å². The lowest BCUT2D eigenvalue weighted by Crippen LogP contribution is -2.40. The summed E-state index contributed by atoms with van der Waals surface area (Å²) in [7, 11) is 0. The molecule has 1 N–H and O–H groups in total. The van der Waals surface area contributed by atoms with E-state index in [0.717, 1.165) is 46.4 Å². The molecule has 5 nitrogen and oxygen atoms in total. The van der Waals surface area contributed by atoms with Gasteiger partial charge < -0.3 is 5.32 Å². The Balaban J connectivity index is 1.35. The molecule has 1 amide bonds. The molecule has 4 aromatic rings. The van der Waals surface area contributed by atoms with E-state index in [9.17, 15) is 9.18 Å². The Labute approximate surface area is 210 Å². The van der Waals surface area contributed by atoms with Gasteiger partial charge in [0.1, 0.15) is 11.6 Å². The molecule has 2 heterocycles. The SMILES string of the molecule is O=C(Nc1ccc(F)c(Cl)c1)[C@H]1CCCN(Cc2nc3ccccc3n2-c2ccc(Br)cc2)C1. The molecule has 5 rings (SSSR count). The van der Waals surface area contributed by atoms with Gasteiger partial charge in [-0.25, -0.2) is 9.37 Å². The van der Waals surface area contributed by atoms with Crippen molar-refractivity contribution in [3.05, 3.63) is 87.9 Å². The molecule has 0 aliphatic carbocycles. The largest absolute Gasteiger partial charge is 0.326 e. The molecule has 34 heavy (non-hydrogen) atoms. The van der Waals surface area contributed by atoms with E-state index in [0.29, 0.717) is 18.8 Å². The Morgan fingerprint density at radius 2 is 1.94 bits per heavy atom. The summed E-state index contributed by atoms with van der Waals surface area (Å²) >= 11 is 9.37. The molecule has 0 spiro atoms. The summed E-state index contributed by atoms with van der Waals surface area (Å²) in [6.07, 6.45) is 1.72. The van der Waals surface area contributed by atoms with E-state index < -0.39 is 5.82 Å². The molecule has 0 bridgehead atoms. The van der Waals surface area contributed by atoms with Gasteiger partial charge in [0.15, 0.2) is 0 Å². The topological polar surface area (TPSA) is 50.2 Å². The van der Waals surface area contributed by atoms with Crippen LogP contribution in [0, 0.1) is 11.7 Å². The van der Waals surface area contributed by atoms with E-state index >= 15 is 0 Å². The number of hydrogen-bond acceptors (Lipinski definition) is 3. The average molecular weight is 542 g/mol. The Bertz CT molecular complexity index is 1340. The second kappa shape index (κ2) is 9.86. The monoisotopic (exact) mass is 540 g/mol. The Hall–Kier alpha value is -2.74. The highest BCUT2D eigenvalue weighted by Crippen LogP contribution is 2.26. The van der Waals surface area contributed by atoms with Crippen molar-refractivity contribution in [2.24, 2.45) is 5.92 Å².